The molecular formula is C20H27IN6S. The molecule has 1 N–H and O–H groups in total. The van der Waals surface area contributed by atoms with Gasteiger partial charge in [0, 0.05) is 57.0 Å². The summed E-state index contributed by atoms with van der Waals surface area (Å²) in [6.07, 6.45) is 4.11. The Labute approximate surface area is 187 Å². The first-order valence-corrected chi connectivity index (χ1v) is 10.4. The van der Waals surface area contributed by atoms with Crippen LogP contribution < -0.4 is 5.32 Å². The molecule has 0 amide bonds. The van der Waals surface area contributed by atoms with Gasteiger partial charge in [-0.3, -0.25) is 9.30 Å². The Balaban J connectivity index is 0.00000225. The fraction of sp³-hybridized carbons (Fsp3) is 0.400. The lowest BCUT2D eigenvalue weighted by molar-refractivity contribution is 0.172. The highest BCUT2D eigenvalue weighted by atomic mass is 127. The number of thiazole rings is 1. The van der Waals surface area contributed by atoms with Gasteiger partial charge in [-0.1, -0.05) is 30.3 Å². The molecule has 150 valence electrons. The summed E-state index contributed by atoms with van der Waals surface area (Å²) in [5.41, 5.74) is 2.39. The molecule has 6 nitrogen and oxygen atoms in total. The summed E-state index contributed by atoms with van der Waals surface area (Å²) in [4.78, 5) is 15.4. The van der Waals surface area contributed by atoms with Crippen LogP contribution in [-0.2, 0) is 13.1 Å². The molecule has 0 bridgehead atoms. The number of piperazine rings is 1. The van der Waals surface area contributed by atoms with Crippen LogP contribution in [0.4, 0.5) is 0 Å². The normalized spacial score (nSPS) is 15.6. The van der Waals surface area contributed by atoms with Gasteiger partial charge in [-0.25, -0.2) is 9.98 Å². The molecule has 28 heavy (non-hydrogen) atoms. The molecule has 1 saturated heterocycles. The van der Waals surface area contributed by atoms with Crippen LogP contribution in [-0.4, -0.2) is 57.9 Å². The first-order valence-electron chi connectivity index (χ1n) is 9.52. The number of benzene rings is 1. The zero-order valence-corrected chi connectivity index (χ0v) is 19.3. The molecule has 3 heterocycles. The van der Waals surface area contributed by atoms with Gasteiger partial charge in [0.15, 0.2) is 10.9 Å². The van der Waals surface area contributed by atoms with Crippen molar-refractivity contribution >= 4 is 46.2 Å². The van der Waals surface area contributed by atoms with Crippen molar-refractivity contribution in [2.24, 2.45) is 4.99 Å². The van der Waals surface area contributed by atoms with Crippen LogP contribution in [0.15, 0.2) is 53.1 Å². The zero-order chi connectivity index (χ0) is 18.5. The maximum Gasteiger partial charge on any atom is 0.194 e. The lowest BCUT2D eigenvalue weighted by Gasteiger charge is -2.36. The topological polar surface area (TPSA) is 48.2 Å². The molecule has 1 aromatic carbocycles. The van der Waals surface area contributed by atoms with Gasteiger partial charge in [-0.15, -0.1) is 35.3 Å². The fourth-order valence-electron chi connectivity index (χ4n) is 3.39. The molecule has 4 rings (SSSR count). The Kier molecular flexibility index (Phi) is 7.69. The Bertz CT molecular complexity index is 854. The molecule has 0 unspecified atom stereocenters. The van der Waals surface area contributed by atoms with E-state index >= 15 is 0 Å². The maximum atomic E-state index is 4.83. The van der Waals surface area contributed by atoms with E-state index in [9.17, 15) is 0 Å². The van der Waals surface area contributed by atoms with Gasteiger partial charge in [-0.2, -0.15) is 0 Å². The number of aromatic nitrogens is 2. The lowest BCUT2D eigenvalue weighted by Crippen LogP contribution is -2.52. The molecule has 8 heteroatoms. The van der Waals surface area contributed by atoms with Crippen LogP contribution in [0.25, 0.3) is 4.96 Å². The first-order chi connectivity index (χ1) is 13.3. The summed E-state index contributed by atoms with van der Waals surface area (Å²) in [7, 11) is 0. The summed E-state index contributed by atoms with van der Waals surface area (Å²) in [6.45, 7) is 8.73. The highest BCUT2D eigenvalue weighted by Crippen LogP contribution is 2.13. The maximum absolute atomic E-state index is 4.83. The van der Waals surface area contributed by atoms with E-state index in [0.717, 1.165) is 55.9 Å². The van der Waals surface area contributed by atoms with Crippen molar-refractivity contribution in [3.05, 3.63) is 59.4 Å². The summed E-state index contributed by atoms with van der Waals surface area (Å²) in [6, 6.07) is 10.7. The second-order valence-corrected chi connectivity index (χ2v) is 7.62. The number of imidazole rings is 1. The quantitative estimate of drug-likeness (QED) is 0.325. The molecule has 0 spiro atoms. The Morgan fingerprint density at radius 1 is 1.18 bits per heavy atom. The number of fused-ring (bicyclic) bond motifs is 1. The zero-order valence-electron chi connectivity index (χ0n) is 16.1. The van der Waals surface area contributed by atoms with Gasteiger partial charge >= 0.3 is 0 Å². The van der Waals surface area contributed by atoms with E-state index in [4.69, 9.17) is 4.99 Å². The van der Waals surface area contributed by atoms with Gasteiger partial charge in [-0.05, 0) is 12.5 Å². The third kappa shape index (κ3) is 5.24. The third-order valence-electron chi connectivity index (χ3n) is 4.79. The average Bonchev–Trinajstić information content (AvgIpc) is 3.28. The Hall–Kier alpha value is -1.65. The smallest absolute Gasteiger partial charge is 0.194 e. The van der Waals surface area contributed by atoms with Crippen molar-refractivity contribution in [1.82, 2.24) is 24.5 Å². The van der Waals surface area contributed by atoms with E-state index in [1.54, 1.807) is 11.3 Å². The number of hydrogen-bond acceptors (Lipinski definition) is 4. The van der Waals surface area contributed by atoms with Crippen LogP contribution >= 0.6 is 35.3 Å². The van der Waals surface area contributed by atoms with Crippen LogP contribution in [0.2, 0.25) is 0 Å². The molecule has 0 saturated carbocycles. The SMILES string of the molecule is CCNC(=NCc1cn2ccsc2n1)N1CCN(Cc2ccccc2)CC1.I. The highest BCUT2D eigenvalue weighted by molar-refractivity contribution is 14.0. The minimum atomic E-state index is 0. The number of guanidine groups is 1. The van der Waals surface area contributed by atoms with E-state index < -0.39 is 0 Å². The van der Waals surface area contributed by atoms with Gasteiger partial charge in [0.2, 0.25) is 0 Å². The summed E-state index contributed by atoms with van der Waals surface area (Å²) < 4.78 is 2.06. The van der Waals surface area contributed by atoms with Crippen LogP contribution in [0.5, 0.6) is 0 Å². The van der Waals surface area contributed by atoms with Crippen LogP contribution in [0.1, 0.15) is 18.2 Å². The van der Waals surface area contributed by atoms with Crippen molar-refractivity contribution in [1.29, 1.82) is 0 Å². The largest absolute Gasteiger partial charge is 0.357 e. The molecule has 2 aromatic heterocycles. The second-order valence-electron chi connectivity index (χ2n) is 6.74. The number of halogens is 1. The molecule has 3 aromatic rings. The van der Waals surface area contributed by atoms with Crippen molar-refractivity contribution in [2.45, 2.75) is 20.0 Å². The Morgan fingerprint density at radius 3 is 2.68 bits per heavy atom. The van der Waals surface area contributed by atoms with Crippen LogP contribution in [0, 0.1) is 0 Å². The first kappa shape index (κ1) is 21.1. The number of rotatable bonds is 5. The second kappa shape index (κ2) is 10.2. The number of nitrogens with zero attached hydrogens (tertiary/aromatic N) is 5. The minimum Gasteiger partial charge on any atom is -0.357 e. The highest BCUT2D eigenvalue weighted by Gasteiger charge is 2.19. The van der Waals surface area contributed by atoms with E-state index in [1.807, 2.05) is 11.6 Å². The summed E-state index contributed by atoms with van der Waals surface area (Å²) in [5.74, 6) is 0.994. The van der Waals surface area contributed by atoms with Gasteiger partial charge < -0.3 is 10.2 Å². The minimum absolute atomic E-state index is 0. The van der Waals surface area contributed by atoms with Crippen molar-refractivity contribution < 1.29 is 0 Å². The molecule has 1 aliphatic rings. The van der Waals surface area contributed by atoms with E-state index in [-0.39, 0.29) is 24.0 Å². The van der Waals surface area contributed by atoms with Gasteiger partial charge in [0.1, 0.15) is 0 Å². The number of hydrogen-bond donors (Lipinski definition) is 1. The van der Waals surface area contributed by atoms with Gasteiger partial charge in [0.25, 0.3) is 0 Å². The van der Waals surface area contributed by atoms with E-state index in [1.165, 1.54) is 5.56 Å². The molecule has 1 aliphatic heterocycles. The fourth-order valence-corrected chi connectivity index (χ4v) is 4.11. The van der Waals surface area contributed by atoms with E-state index in [2.05, 4.69) is 68.0 Å². The predicted molar refractivity (Wildman–Crippen MR) is 127 cm³/mol. The Morgan fingerprint density at radius 2 is 1.96 bits per heavy atom. The van der Waals surface area contributed by atoms with Crippen LogP contribution in [0.3, 0.4) is 0 Å². The molecule has 0 atom stereocenters. The summed E-state index contributed by atoms with van der Waals surface area (Å²) in [5, 5.41) is 5.49. The lowest BCUT2D eigenvalue weighted by atomic mass is 10.2. The van der Waals surface area contributed by atoms with Crippen molar-refractivity contribution in [2.75, 3.05) is 32.7 Å². The molecular weight excluding hydrogens is 483 g/mol. The van der Waals surface area contributed by atoms with Crippen molar-refractivity contribution in [3.8, 4) is 0 Å². The monoisotopic (exact) mass is 510 g/mol. The standard InChI is InChI=1S/C20H26N6S.HI/c1-2-21-19(22-14-18-16-26-12-13-27-20(26)23-18)25-10-8-24(9-11-25)15-17-6-4-3-5-7-17;/h3-7,12-13,16H,2,8-11,14-15H2,1H3,(H,21,22);1H. The third-order valence-corrected chi connectivity index (χ3v) is 5.56. The molecule has 0 radical (unpaired) electrons. The predicted octanol–water partition coefficient (Wildman–Crippen LogP) is 3.30. The van der Waals surface area contributed by atoms with E-state index in [0.29, 0.717) is 6.54 Å². The average molecular weight is 510 g/mol. The van der Waals surface area contributed by atoms with Crippen molar-refractivity contribution in [3.63, 3.8) is 0 Å². The summed E-state index contributed by atoms with van der Waals surface area (Å²) >= 11 is 1.65. The number of nitrogens with one attached hydrogen (secondary N) is 1. The molecule has 0 aliphatic carbocycles. The number of aliphatic imine (C=N–C) groups is 1. The van der Waals surface area contributed by atoms with Gasteiger partial charge in [0.05, 0.1) is 12.2 Å². The molecule has 1 fully saturated rings.